The predicted molar refractivity (Wildman–Crippen MR) is 147 cm³/mol. The number of halogens is 1. The van der Waals surface area contributed by atoms with Crippen molar-refractivity contribution < 1.29 is 42.5 Å². The second-order valence-electron chi connectivity index (χ2n) is 11.8. The molecule has 0 amide bonds. The molecule has 1 aliphatic heterocycles. The Morgan fingerprint density at radius 3 is 2.46 bits per heavy atom. The van der Waals surface area contributed by atoms with E-state index in [0.29, 0.717) is 43.4 Å². The minimum atomic E-state index is -0.789. The Kier molecular flexibility index (Phi) is 8.89. The summed E-state index contributed by atoms with van der Waals surface area (Å²) < 4.78 is 35.7. The molecule has 0 aromatic heterocycles. The van der Waals surface area contributed by atoms with Gasteiger partial charge in [0, 0.05) is 24.9 Å². The van der Waals surface area contributed by atoms with Gasteiger partial charge in [0.2, 0.25) is 0 Å². The first-order chi connectivity index (χ1) is 19.4. The maximum Gasteiger partial charge on any atom is 0.336 e. The average Bonchev–Trinajstić information content (AvgIpc) is 3.34. The molecule has 7 atom stereocenters. The van der Waals surface area contributed by atoms with E-state index in [4.69, 9.17) is 18.9 Å². The van der Waals surface area contributed by atoms with Crippen LogP contribution in [-0.2, 0) is 38.1 Å². The molecule has 222 valence electrons. The fourth-order valence-electron chi connectivity index (χ4n) is 7.34. The van der Waals surface area contributed by atoms with Gasteiger partial charge >= 0.3 is 17.9 Å². The van der Waals surface area contributed by atoms with Gasteiger partial charge in [0.05, 0.1) is 11.6 Å². The van der Waals surface area contributed by atoms with E-state index in [-0.39, 0.29) is 30.9 Å². The minimum Gasteiger partial charge on any atom is -0.467 e. The quantitative estimate of drug-likeness (QED) is 0.187. The lowest BCUT2D eigenvalue weighted by atomic mass is 9.45. The number of esters is 3. The summed E-state index contributed by atoms with van der Waals surface area (Å²) in [6.45, 7) is 11.7. The molecular weight excluding hydrogens is 533 g/mol. The number of cyclic esters (lactones) is 1. The molecule has 41 heavy (non-hydrogen) atoms. The fourth-order valence-corrected chi connectivity index (χ4v) is 7.34. The summed E-state index contributed by atoms with van der Waals surface area (Å²) in [5, 5.41) is 3.38. The van der Waals surface area contributed by atoms with Gasteiger partial charge in [-0.1, -0.05) is 20.4 Å². The van der Waals surface area contributed by atoms with E-state index < -0.39 is 47.0 Å². The Balaban J connectivity index is 1.77. The Morgan fingerprint density at radius 1 is 1.20 bits per heavy atom. The highest BCUT2D eigenvalue weighted by Crippen LogP contribution is 2.63. The molecule has 0 bridgehead atoms. The predicted octanol–water partition coefficient (Wildman–Crippen LogP) is 4.51. The molecule has 3 aliphatic rings. The fraction of sp³-hybridized carbons (Fsp3) is 0.548. The zero-order valence-electron chi connectivity index (χ0n) is 23.9. The first kappa shape index (κ1) is 30.3. The number of hydrogen-bond donors (Lipinski definition) is 1. The number of carbonyl (C=O) groups excluding carboxylic acids is 4. The second-order valence-corrected chi connectivity index (χ2v) is 11.8. The van der Waals surface area contributed by atoms with E-state index in [1.54, 1.807) is 18.2 Å². The molecule has 2 saturated carbocycles. The molecule has 1 heterocycles. The number of anilines is 1. The number of fused-ring (bicyclic) bond motifs is 1. The summed E-state index contributed by atoms with van der Waals surface area (Å²) in [5.41, 5.74) is 0.554. The standard InChI is InChI=1S/C31H38FNO8/c1-18-24(14-25(23-11-13-39-29(23)37)33-22-8-6-21(32)7-9-22)30(4)12-10-28(41-20(3)36)31(5,16-38-17-34)27(30)15-26(18)40-19(2)35/h6-9,11,17,24-28,33H,1,10,12-16H2,2-5H3/t24-,25-,26+,27+,28-,30+,31+/m1/s1. The molecule has 0 spiro atoms. The average molecular weight is 572 g/mol. The van der Waals surface area contributed by atoms with Crippen LogP contribution < -0.4 is 5.32 Å². The number of carbonyl (C=O) groups is 4. The first-order valence-corrected chi connectivity index (χ1v) is 13.9. The SMILES string of the molecule is C=C1[C@@H](OC(C)=O)C[C@@H]2[C@](C)(COC=O)[C@H](OC(C)=O)CC[C@@]2(C)[C@@H]1C[C@@H](Nc1ccc(F)cc1)C1=CCOC1=O. The molecule has 0 saturated heterocycles. The maximum absolute atomic E-state index is 13.6. The van der Waals surface area contributed by atoms with Gasteiger partial charge in [0.25, 0.3) is 6.47 Å². The van der Waals surface area contributed by atoms with Crippen LogP contribution in [0.3, 0.4) is 0 Å². The Hall–Kier alpha value is -3.69. The van der Waals surface area contributed by atoms with Crippen LogP contribution in [0.5, 0.6) is 0 Å². The molecule has 1 aromatic rings. The molecule has 2 fully saturated rings. The van der Waals surface area contributed by atoms with E-state index in [1.165, 1.54) is 26.0 Å². The lowest BCUT2D eigenvalue weighted by Crippen LogP contribution is -2.61. The molecule has 1 N–H and O–H groups in total. The van der Waals surface area contributed by atoms with Gasteiger partial charge in [-0.15, -0.1) is 0 Å². The molecule has 9 nitrogen and oxygen atoms in total. The van der Waals surface area contributed by atoms with Crippen molar-refractivity contribution in [1.29, 1.82) is 0 Å². The number of nitrogens with one attached hydrogen (secondary N) is 1. The zero-order chi connectivity index (χ0) is 29.9. The minimum absolute atomic E-state index is 0.00935. The Bertz CT molecular complexity index is 1230. The topological polar surface area (TPSA) is 117 Å². The summed E-state index contributed by atoms with van der Waals surface area (Å²) in [6.07, 6.45) is 2.54. The summed E-state index contributed by atoms with van der Waals surface area (Å²) in [5.74, 6) is -2.20. The van der Waals surface area contributed by atoms with E-state index in [1.807, 2.05) is 6.92 Å². The van der Waals surface area contributed by atoms with Crippen LogP contribution in [0, 0.1) is 28.5 Å². The molecule has 10 heteroatoms. The number of hydrogen-bond acceptors (Lipinski definition) is 9. The molecular formula is C31H38FNO8. The summed E-state index contributed by atoms with van der Waals surface area (Å²) in [7, 11) is 0. The highest BCUT2D eigenvalue weighted by atomic mass is 19.1. The highest BCUT2D eigenvalue weighted by molar-refractivity contribution is 5.92. The van der Waals surface area contributed by atoms with E-state index >= 15 is 0 Å². The van der Waals surface area contributed by atoms with Gasteiger partial charge in [0.15, 0.2) is 0 Å². The molecule has 4 rings (SSSR count). The third kappa shape index (κ3) is 6.16. The van der Waals surface area contributed by atoms with Gasteiger partial charge in [0.1, 0.15) is 31.2 Å². The molecule has 1 aromatic carbocycles. The van der Waals surface area contributed by atoms with E-state index in [0.717, 1.165) is 5.57 Å². The Morgan fingerprint density at radius 2 is 1.88 bits per heavy atom. The number of rotatable bonds is 10. The maximum atomic E-state index is 13.6. The lowest BCUT2D eigenvalue weighted by Gasteiger charge is -2.61. The summed E-state index contributed by atoms with van der Waals surface area (Å²) >= 11 is 0. The third-order valence-corrected chi connectivity index (χ3v) is 9.24. The van der Waals surface area contributed by atoms with Crippen molar-refractivity contribution in [2.45, 2.75) is 71.6 Å². The summed E-state index contributed by atoms with van der Waals surface area (Å²) in [6, 6.07) is 5.35. The van der Waals surface area contributed by atoms with Crippen LogP contribution in [-0.4, -0.2) is 55.8 Å². The van der Waals surface area contributed by atoms with Crippen molar-refractivity contribution >= 4 is 30.1 Å². The van der Waals surface area contributed by atoms with Crippen molar-refractivity contribution in [3.05, 3.63) is 53.9 Å². The second kappa shape index (κ2) is 12.0. The van der Waals surface area contributed by atoms with Crippen molar-refractivity contribution in [2.24, 2.45) is 22.7 Å². The van der Waals surface area contributed by atoms with Crippen molar-refractivity contribution in [1.82, 2.24) is 0 Å². The first-order valence-electron chi connectivity index (χ1n) is 13.9. The van der Waals surface area contributed by atoms with Crippen LogP contribution in [0.2, 0.25) is 0 Å². The zero-order valence-corrected chi connectivity index (χ0v) is 23.9. The van der Waals surface area contributed by atoms with Crippen LogP contribution in [0.25, 0.3) is 0 Å². The molecule has 2 aliphatic carbocycles. The number of ether oxygens (including phenoxy) is 4. The van der Waals surface area contributed by atoms with Gasteiger partial charge in [-0.25, -0.2) is 9.18 Å². The van der Waals surface area contributed by atoms with Crippen LogP contribution >= 0.6 is 0 Å². The van der Waals surface area contributed by atoms with E-state index in [9.17, 15) is 23.6 Å². The van der Waals surface area contributed by atoms with Crippen molar-refractivity contribution in [3.8, 4) is 0 Å². The molecule has 0 radical (unpaired) electrons. The monoisotopic (exact) mass is 571 g/mol. The molecule has 0 unspecified atom stereocenters. The van der Waals surface area contributed by atoms with Gasteiger partial charge < -0.3 is 24.3 Å². The Labute approximate surface area is 239 Å². The third-order valence-electron chi connectivity index (χ3n) is 9.24. The van der Waals surface area contributed by atoms with Crippen molar-refractivity contribution in [2.75, 3.05) is 18.5 Å². The number of benzene rings is 1. The van der Waals surface area contributed by atoms with E-state index in [2.05, 4.69) is 18.8 Å². The smallest absolute Gasteiger partial charge is 0.336 e. The normalized spacial score (nSPS) is 31.7. The van der Waals surface area contributed by atoms with Crippen LogP contribution in [0.4, 0.5) is 10.1 Å². The summed E-state index contributed by atoms with van der Waals surface area (Å²) in [4.78, 5) is 48.3. The van der Waals surface area contributed by atoms with Crippen LogP contribution in [0.15, 0.2) is 48.1 Å². The van der Waals surface area contributed by atoms with Gasteiger partial charge in [-0.2, -0.15) is 0 Å². The van der Waals surface area contributed by atoms with Crippen LogP contribution in [0.1, 0.15) is 53.4 Å². The highest BCUT2D eigenvalue weighted by Gasteiger charge is 2.62. The largest absolute Gasteiger partial charge is 0.467 e. The van der Waals surface area contributed by atoms with Gasteiger partial charge in [-0.05, 0) is 78.8 Å². The van der Waals surface area contributed by atoms with Gasteiger partial charge in [-0.3, -0.25) is 14.4 Å². The lowest BCUT2D eigenvalue weighted by molar-refractivity contribution is -0.197. The van der Waals surface area contributed by atoms with Crippen molar-refractivity contribution in [3.63, 3.8) is 0 Å².